The van der Waals surface area contributed by atoms with Gasteiger partial charge >= 0.3 is 7.75 Å². The van der Waals surface area contributed by atoms with E-state index in [1.807, 2.05) is 6.92 Å². The highest BCUT2D eigenvalue weighted by Crippen LogP contribution is 2.40. The minimum absolute atomic E-state index is 0.0468. The van der Waals surface area contributed by atoms with E-state index in [4.69, 9.17) is 9.79 Å². The predicted octanol–water partition coefficient (Wildman–Crippen LogP) is 2.55. The van der Waals surface area contributed by atoms with Gasteiger partial charge in [0.15, 0.2) is 0 Å². The molecule has 0 amide bonds. The van der Waals surface area contributed by atoms with Crippen LogP contribution in [-0.2, 0) is 4.57 Å². The lowest BCUT2D eigenvalue weighted by molar-refractivity contribution is 0.180. The fraction of sp³-hybridized carbons (Fsp3) is 0.312. The smallest absolute Gasteiger partial charge is 0.448 e. The molecule has 24 heavy (non-hydrogen) atoms. The van der Waals surface area contributed by atoms with Gasteiger partial charge in [-0.2, -0.15) is 4.76 Å². The third kappa shape index (κ3) is 4.55. The van der Waals surface area contributed by atoms with E-state index in [0.717, 1.165) is 0 Å². The molecular formula is C16H20NO6P. The van der Waals surface area contributed by atoms with Crippen LogP contribution >= 0.6 is 7.75 Å². The molecule has 0 aromatic heterocycles. The second-order valence-corrected chi connectivity index (χ2v) is 6.80. The first kappa shape index (κ1) is 18.4. The van der Waals surface area contributed by atoms with Gasteiger partial charge in [-0.05, 0) is 30.2 Å². The molecule has 130 valence electrons. The molecule has 0 fully saturated rings. The van der Waals surface area contributed by atoms with Crippen LogP contribution in [0.2, 0.25) is 0 Å². The Bertz CT molecular complexity index is 749. The number of phenols is 1. The molecule has 0 saturated heterocycles. The Morgan fingerprint density at radius 1 is 1.25 bits per heavy atom. The summed E-state index contributed by atoms with van der Waals surface area (Å²) in [6.07, 6.45) is 2.05. The maximum absolute atomic E-state index is 11.2. The number of benzene rings is 1. The molecule has 5 N–H and O–H groups in total. The first-order valence-electron chi connectivity index (χ1n) is 7.43. The monoisotopic (exact) mass is 353 g/mol. The third-order valence-electron chi connectivity index (χ3n) is 3.83. The number of phenolic OH excluding ortho intramolecular Hbond substituents is 1. The second kappa shape index (κ2) is 7.32. The molecule has 8 heteroatoms. The zero-order chi connectivity index (χ0) is 17.9. The van der Waals surface area contributed by atoms with E-state index in [9.17, 15) is 19.9 Å². The SMILES string of the molecule is CCC(c1cccc(O)c1)C(O)C1=CC=C(O)CC1=NP(=O)(O)O. The van der Waals surface area contributed by atoms with Crippen molar-refractivity contribution in [2.45, 2.75) is 31.8 Å². The predicted molar refractivity (Wildman–Crippen MR) is 90.0 cm³/mol. The minimum atomic E-state index is -4.70. The molecule has 0 heterocycles. The van der Waals surface area contributed by atoms with Gasteiger partial charge < -0.3 is 25.1 Å². The van der Waals surface area contributed by atoms with Crippen molar-refractivity contribution in [1.82, 2.24) is 0 Å². The molecule has 2 atom stereocenters. The standard InChI is InChI=1S/C16H20NO6P/c1-2-13(10-4-3-5-11(18)8-10)16(20)14-7-6-12(19)9-15(14)17-24(21,22)23/h3-8,13,16,18-20H,2,9H2,1H3,(H2,21,22,23). The van der Waals surface area contributed by atoms with Crippen LogP contribution in [0.3, 0.4) is 0 Å². The van der Waals surface area contributed by atoms with E-state index in [0.29, 0.717) is 12.0 Å². The van der Waals surface area contributed by atoms with Crippen molar-refractivity contribution in [3.05, 3.63) is 53.3 Å². The molecule has 1 aliphatic rings. The van der Waals surface area contributed by atoms with Gasteiger partial charge in [-0.25, -0.2) is 4.57 Å². The van der Waals surface area contributed by atoms with Crippen molar-refractivity contribution in [3.63, 3.8) is 0 Å². The number of hydrogen-bond acceptors (Lipinski definition) is 4. The van der Waals surface area contributed by atoms with E-state index in [1.54, 1.807) is 12.1 Å². The Labute approximate surface area is 139 Å². The Hall–Kier alpha value is -1.92. The highest BCUT2D eigenvalue weighted by molar-refractivity contribution is 7.50. The zero-order valence-corrected chi connectivity index (χ0v) is 14.0. The lowest BCUT2D eigenvalue weighted by Gasteiger charge is -2.27. The summed E-state index contributed by atoms with van der Waals surface area (Å²) in [6, 6.07) is 6.47. The van der Waals surface area contributed by atoms with E-state index >= 15 is 0 Å². The van der Waals surface area contributed by atoms with Crippen LogP contribution in [0, 0.1) is 0 Å². The van der Waals surface area contributed by atoms with Crippen LogP contribution in [0.15, 0.2) is 52.5 Å². The molecule has 2 unspecified atom stereocenters. The van der Waals surface area contributed by atoms with Crippen LogP contribution in [0.5, 0.6) is 5.75 Å². The Balaban J connectivity index is 2.42. The normalized spacial score (nSPS) is 19.6. The topological polar surface area (TPSA) is 131 Å². The van der Waals surface area contributed by atoms with Gasteiger partial charge in [0.1, 0.15) is 5.75 Å². The molecule has 1 aromatic rings. The summed E-state index contributed by atoms with van der Waals surface area (Å²) in [5, 5.41) is 30.0. The molecular weight excluding hydrogens is 333 g/mol. The molecule has 0 radical (unpaired) electrons. The van der Waals surface area contributed by atoms with Crippen LogP contribution in [0.25, 0.3) is 0 Å². The van der Waals surface area contributed by atoms with Gasteiger partial charge in [0.2, 0.25) is 0 Å². The van der Waals surface area contributed by atoms with Crippen molar-refractivity contribution < 1.29 is 29.7 Å². The molecule has 1 aliphatic carbocycles. The van der Waals surface area contributed by atoms with Gasteiger partial charge in [-0.3, -0.25) is 0 Å². The average molecular weight is 353 g/mol. The van der Waals surface area contributed by atoms with Crippen molar-refractivity contribution in [2.75, 3.05) is 0 Å². The lowest BCUT2D eigenvalue weighted by Crippen LogP contribution is -2.27. The quantitative estimate of drug-likeness (QED) is 0.517. The Morgan fingerprint density at radius 3 is 2.54 bits per heavy atom. The first-order chi connectivity index (χ1) is 11.2. The summed E-state index contributed by atoms with van der Waals surface area (Å²) in [4.78, 5) is 18.2. The second-order valence-electron chi connectivity index (χ2n) is 5.57. The fourth-order valence-corrected chi connectivity index (χ4v) is 3.25. The van der Waals surface area contributed by atoms with Crippen LogP contribution < -0.4 is 0 Å². The van der Waals surface area contributed by atoms with E-state index in [1.165, 1.54) is 24.3 Å². The minimum Gasteiger partial charge on any atom is -0.512 e. The largest absolute Gasteiger partial charge is 0.512 e. The molecule has 1 aromatic carbocycles. The average Bonchev–Trinajstić information content (AvgIpc) is 2.46. The Morgan fingerprint density at radius 2 is 1.96 bits per heavy atom. The van der Waals surface area contributed by atoms with Gasteiger partial charge in [-0.15, -0.1) is 0 Å². The highest BCUT2D eigenvalue weighted by atomic mass is 31.2. The summed E-state index contributed by atoms with van der Waals surface area (Å²) < 4.78 is 14.5. The highest BCUT2D eigenvalue weighted by Gasteiger charge is 2.29. The number of aromatic hydroxyl groups is 1. The number of allylic oxidation sites excluding steroid dienone is 3. The van der Waals surface area contributed by atoms with E-state index < -0.39 is 19.8 Å². The van der Waals surface area contributed by atoms with Crippen LogP contribution in [0.1, 0.15) is 31.2 Å². The van der Waals surface area contributed by atoms with E-state index in [2.05, 4.69) is 4.76 Å². The number of aliphatic hydroxyl groups excluding tert-OH is 2. The number of nitrogens with zero attached hydrogens (tertiary/aromatic N) is 1. The molecule has 0 aliphatic heterocycles. The van der Waals surface area contributed by atoms with Crippen molar-refractivity contribution in [1.29, 1.82) is 0 Å². The Kier molecular flexibility index (Phi) is 5.62. The molecule has 2 rings (SSSR count). The van der Waals surface area contributed by atoms with E-state index in [-0.39, 0.29) is 29.2 Å². The number of aliphatic hydroxyl groups is 2. The summed E-state index contributed by atoms with van der Waals surface area (Å²) in [5.41, 5.74) is 0.890. The fourth-order valence-electron chi connectivity index (χ4n) is 2.75. The molecule has 0 bridgehead atoms. The van der Waals surface area contributed by atoms with Gasteiger partial charge in [0, 0.05) is 17.9 Å². The lowest BCUT2D eigenvalue weighted by atomic mass is 9.83. The zero-order valence-electron chi connectivity index (χ0n) is 13.1. The molecule has 7 nitrogen and oxygen atoms in total. The maximum Gasteiger partial charge on any atom is 0.448 e. The van der Waals surface area contributed by atoms with Crippen molar-refractivity contribution in [3.8, 4) is 5.75 Å². The number of hydrogen-bond donors (Lipinski definition) is 5. The number of rotatable bonds is 5. The van der Waals surface area contributed by atoms with Crippen LogP contribution in [0.4, 0.5) is 0 Å². The van der Waals surface area contributed by atoms with Crippen molar-refractivity contribution in [2.24, 2.45) is 4.76 Å². The summed E-state index contributed by atoms with van der Waals surface area (Å²) in [6.45, 7) is 1.86. The molecule has 0 saturated carbocycles. The van der Waals surface area contributed by atoms with Crippen molar-refractivity contribution >= 4 is 13.5 Å². The summed E-state index contributed by atoms with van der Waals surface area (Å²) in [5.74, 6) is -0.431. The first-order valence-corrected chi connectivity index (χ1v) is 8.99. The van der Waals surface area contributed by atoms with Gasteiger partial charge in [0.25, 0.3) is 0 Å². The third-order valence-corrected chi connectivity index (χ3v) is 4.33. The van der Waals surface area contributed by atoms with Crippen LogP contribution in [-0.4, -0.2) is 36.9 Å². The maximum atomic E-state index is 11.2. The summed E-state index contributed by atoms with van der Waals surface area (Å²) in [7, 11) is -4.70. The van der Waals surface area contributed by atoms with Gasteiger partial charge in [-0.1, -0.05) is 25.1 Å². The molecule has 0 spiro atoms. The van der Waals surface area contributed by atoms with Gasteiger partial charge in [0.05, 0.1) is 17.6 Å². The summed E-state index contributed by atoms with van der Waals surface area (Å²) >= 11 is 0.